The zero-order valence-corrected chi connectivity index (χ0v) is 20.1. The zero-order valence-electron chi connectivity index (χ0n) is 20.1. The van der Waals surface area contributed by atoms with Crippen LogP contribution in [-0.2, 0) is 11.3 Å². The Morgan fingerprint density at radius 3 is 2.38 bits per heavy atom. The van der Waals surface area contributed by atoms with Crippen molar-refractivity contribution < 1.29 is 4.79 Å². The molecule has 1 aliphatic rings. The van der Waals surface area contributed by atoms with Crippen LogP contribution in [0.5, 0.6) is 0 Å². The number of carbonyl (C=O) groups is 1. The molecule has 34 heavy (non-hydrogen) atoms. The fourth-order valence-electron chi connectivity index (χ4n) is 4.87. The monoisotopic (exact) mass is 453 g/mol. The van der Waals surface area contributed by atoms with Crippen LogP contribution in [0.15, 0.2) is 60.7 Å². The number of fused-ring (bicyclic) bond motifs is 1. The molecule has 1 saturated heterocycles. The molecule has 1 fully saturated rings. The number of nitrogens with zero attached hydrogens (tertiary/aromatic N) is 4. The van der Waals surface area contributed by atoms with Crippen LogP contribution in [0.3, 0.4) is 0 Å². The van der Waals surface area contributed by atoms with E-state index in [1.54, 1.807) is 0 Å². The van der Waals surface area contributed by atoms with E-state index in [2.05, 4.69) is 54.4 Å². The normalized spacial score (nSPS) is 14.5. The minimum absolute atomic E-state index is 0.0434. The average molecular weight is 454 g/mol. The molecule has 0 unspecified atom stereocenters. The van der Waals surface area contributed by atoms with E-state index < -0.39 is 0 Å². The summed E-state index contributed by atoms with van der Waals surface area (Å²) >= 11 is 0. The van der Waals surface area contributed by atoms with Gasteiger partial charge in [-0.15, -0.1) is 0 Å². The SMILES string of the molecule is Cc1cc(C)cc(-c2cc3nc(C)cc(N4CCC(C(=O)NCc5ccccc5)CC4)n3n2)c1. The van der Waals surface area contributed by atoms with E-state index in [4.69, 9.17) is 10.1 Å². The van der Waals surface area contributed by atoms with Crippen molar-refractivity contribution in [2.24, 2.45) is 5.92 Å². The molecule has 1 amide bonds. The summed E-state index contributed by atoms with van der Waals surface area (Å²) in [4.78, 5) is 19.8. The average Bonchev–Trinajstić information content (AvgIpc) is 3.26. The number of nitrogens with one attached hydrogen (secondary N) is 1. The summed E-state index contributed by atoms with van der Waals surface area (Å²) in [5, 5.41) is 8.04. The molecule has 0 aliphatic carbocycles. The predicted octanol–water partition coefficient (Wildman–Crippen LogP) is 4.85. The number of rotatable bonds is 5. The minimum atomic E-state index is 0.0434. The third-order valence-electron chi connectivity index (χ3n) is 6.55. The van der Waals surface area contributed by atoms with Gasteiger partial charge in [-0.2, -0.15) is 9.61 Å². The summed E-state index contributed by atoms with van der Waals surface area (Å²) < 4.78 is 1.95. The molecule has 1 aliphatic heterocycles. The Kier molecular flexibility index (Phi) is 6.05. The highest BCUT2D eigenvalue weighted by molar-refractivity contribution is 5.79. The molecule has 6 nitrogen and oxygen atoms in total. The molecule has 5 rings (SSSR count). The molecule has 6 heteroatoms. The molecule has 2 aromatic carbocycles. The highest BCUT2D eigenvalue weighted by Gasteiger charge is 2.26. The highest BCUT2D eigenvalue weighted by atomic mass is 16.1. The number of benzene rings is 2. The molecule has 1 N–H and O–H groups in total. The molecule has 174 valence electrons. The van der Waals surface area contributed by atoms with E-state index in [9.17, 15) is 4.79 Å². The first-order valence-electron chi connectivity index (χ1n) is 12.0. The van der Waals surface area contributed by atoms with Crippen LogP contribution in [0.1, 0.15) is 35.2 Å². The lowest BCUT2D eigenvalue weighted by Gasteiger charge is -2.33. The van der Waals surface area contributed by atoms with E-state index in [1.165, 1.54) is 11.1 Å². The molecule has 3 heterocycles. The maximum absolute atomic E-state index is 12.7. The van der Waals surface area contributed by atoms with E-state index in [-0.39, 0.29) is 11.8 Å². The lowest BCUT2D eigenvalue weighted by atomic mass is 9.95. The van der Waals surface area contributed by atoms with Crippen molar-refractivity contribution in [3.05, 3.63) is 83.0 Å². The van der Waals surface area contributed by atoms with Crippen LogP contribution in [-0.4, -0.2) is 33.6 Å². The predicted molar refractivity (Wildman–Crippen MR) is 136 cm³/mol. The summed E-state index contributed by atoms with van der Waals surface area (Å²) in [5.74, 6) is 1.24. The number of anilines is 1. The minimum Gasteiger partial charge on any atom is -0.356 e. The Morgan fingerprint density at radius 1 is 0.971 bits per heavy atom. The Morgan fingerprint density at radius 2 is 1.68 bits per heavy atom. The smallest absolute Gasteiger partial charge is 0.223 e. The number of carbonyl (C=O) groups excluding carboxylic acids is 1. The molecule has 0 saturated carbocycles. The highest BCUT2D eigenvalue weighted by Crippen LogP contribution is 2.28. The molecule has 0 atom stereocenters. The molecular formula is C28H31N5O. The van der Waals surface area contributed by atoms with Crippen molar-refractivity contribution >= 4 is 17.4 Å². The number of hydrogen-bond donors (Lipinski definition) is 1. The maximum Gasteiger partial charge on any atom is 0.223 e. The molecule has 2 aromatic heterocycles. The largest absolute Gasteiger partial charge is 0.356 e. The quantitative estimate of drug-likeness (QED) is 0.469. The first kappa shape index (κ1) is 22.1. The summed E-state index contributed by atoms with van der Waals surface area (Å²) in [6.07, 6.45) is 1.66. The van der Waals surface area contributed by atoms with E-state index in [0.29, 0.717) is 6.54 Å². The fourth-order valence-corrected chi connectivity index (χ4v) is 4.87. The Balaban J connectivity index is 1.32. The van der Waals surface area contributed by atoms with Gasteiger partial charge in [-0.1, -0.05) is 47.5 Å². The molecule has 4 aromatic rings. The fraction of sp³-hybridized carbons (Fsp3) is 0.321. The second-order valence-electron chi connectivity index (χ2n) is 9.40. The third kappa shape index (κ3) is 4.67. The van der Waals surface area contributed by atoms with Gasteiger partial charge in [-0.3, -0.25) is 4.79 Å². The van der Waals surface area contributed by atoms with Crippen molar-refractivity contribution in [1.82, 2.24) is 19.9 Å². The second-order valence-corrected chi connectivity index (χ2v) is 9.40. The standard InChI is InChI=1S/C28H31N5O/c1-19-13-20(2)15-24(14-19)25-17-26-30-21(3)16-27(33(26)31-25)32-11-9-23(10-12-32)28(34)29-18-22-7-5-4-6-8-22/h4-8,13-17,23H,9-12,18H2,1-3H3,(H,29,34). The van der Waals surface area contributed by atoms with Crippen molar-refractivity contribution in [3.8, 4) is 11.3 Å². The van der Waals surface area contributed by atoms with Crippen molar-refractivity contribution in [1.29, 1.82) is 0 Å². The molecule has 0 bridgehead atoms. The second kappa shape index (κ2) is 9.29. The lowest BCUT2D eigenvalue weighted by Crippen LogP contribution is -2.41. The van der Waals surface area contributed by atoms with Crippen LogP contribution < -0.4 is 10.2 Å². The summed E-state index contributed by atoms with van der Waals surface area (Å²) in [6, 6.07) is 20.7. The van der Waals surface area contributed by atoms with Crippen molar-refractivity contribution in [3.63, 3.8) is 0 Å². The van der Waals surface area contributed by atoms with Crippen LogP contribution in [0.25, 0.3) is 16.9 Å². The van der Waals surface area contributed by atoms with Gasteiger partial charge in [-0.25, -0.2) is 4.98 Å². The lowest BCUT2D eigenvalue weighted by molar-refractivity contribution is -0.125. The zero-order chi connectivity index (χ0) is 23.7. The Hall–Kier alpha value is -3.67. The molecule has 0 spiro atoms. The van der Waals surface area contributed by atoms with Gasteiger partial charge < -0.3 is 10.2 Å². The summed E-state index contributed by atoms with van der Waals surface area (Å²) in [6.45, 7) is 8.47. The van der Waals surface area contributed by atoms with Gasteiger partial charge in [-0.05, 0) is 51.3 Å². The van der Waals surface area contributed by atoms with Crippen LogP contribution >= 0.6 is 0 Å². The maximum atomic E-state index is 12.7. The van der Waals surface area contributed by atoms with Crippen molar-refractivity contribution in [2.45, 2.75) is 40.2 Å². The van der Waals surface area contributed by atoms with Crippen LogP contribution in [0.2, 0.25) is 0 Å². The van der Waals surface area contributed by atoms with Gasteiger partial charge in [0.25, 0.3) is 0 Å². The van der Waals surface area contributed by atoms with Gasteiger partial charge in [0.1, 0.15) is 5.82 Å². The van der Waals surface area contributed by atoms with E-state index in [0.717, 1.165) is 59.9 Å². The third-order valence-corrected chi connectivity index (χ3v) is 6.55. The number of hydrogen-bond acceptors (Lipinski definition) is 4. The summed E-state index contributed by atoms with van der Waals surface area (Å²) in [7, 11) is 0. The first-order chi connectivity index (χ1) is 16.5. The molecule has 0 radical (unpaired) electrons. The number of piperidine rings is 1. The van der Waals surface area contributed by atoms with Gasteiger partial charge in [0, 0.05) is 48.9 Å². The van der Waals surface area contributed by atoms with Crippen molar-refractivity contribution in [2.75, 3.05) is 18.0 Å². The van der Waals surface area contributed by atoms with Gasteiger partial charge >= 0.3 is 0 Å². The van der Waals surface area contributed by atoms with Gasteiger partial charge in [0.2, 0.25) is 5.91 Å². The van der Waals surface area contributed by atoms with E-state index >= 15 is 0 Å². The van der Waals surface area contributed by atoms with Crippen LogP contribution in [0.4, 0.5) is 5.82 Å². The number of aryl methyl sites for hydroxylation is 3. The number of aromatic nitrogens is 3. The van der Waals surface area contributed by atoms with Gasteiger partial charge in [0.15, 0.2) is 5.65 Å². The topological polar surface area (TPSA) is 62.5 Å². The summed E-state index contributed by atoms with van der Waals surface area (Å²) in [5.41, 5.74) is 7.44. The number of amides is 1. The molecular weight excluding hydrogens is 422 g/mol. The van der Waals surface area contributed by atoms with E-state index in [1.807, 2.05) is 41.8 Å². The first-order valence-corrected chi connectivity index (χ1v) is 12.0. The Labute approximate surface area is 200 Å². The Bertz CT molecular complexity index is 1300. The van der Waals surface area contributed by atoms with Crippen LogP contribution in [0, 0.1) is 26.7 Å². The van der Waals surface area contributed by atoms with Gasteiger partial charge in [0.05, 0.1) is 5.69 Å².